The number of nitriles is 1. The van der Waals surface area contributed by atoms with Gasteiger partial charge in [-0.2, -0.15) is 18.4 Å². The molecule has 1 N–H and O–H groups in total. The van der Waals surface area contributed by atoms with E-state index in [0.717, 1.165) is 65.8 Å². The minimum atomic E-state index is -4.28. The molecule has 50 heavy (non-hydrogen) atoms. The van der Waals surface area contributed by atoms with E-state index >= 15 is 0 Å². The molecule has 0 bridgehead atoms. The van der Waals surface area contributed by atoms with Crippen molar-refractivity contribution < 1.29 is 27.5 Å². The Morgan fingerprint density at radius 3 is 2.38 bits per heavy atom. The third kappa shape index (κ3) is 8.13. The molecule has 0 unspecified atom stereocenters. The molecular formula is C35H41F3N8O3S. The van der Waals surface area contributed by atoms with E-state index in [1.54, 1.807) is 20.4 Å². The number of amides is 2. The largest absolute Gasteiger partial charge is 0.444 e. The van der Waals surface area contributed by atoms with E-state index in [-0.39, 0.29) is 29.5 Å². The molecule has 4 aromatic rings. The number of thiophene rings is 1. The Labute approximate surface area is 292 Å². The van der Waals surface area contributed by atoms with Crippen LogP contribution in [0, 0.1) is 18.3 Å². The zero-order valence-electron chi connectivity index (χ0n) is 28.6. The number of anilines is 1. The number of hydrogen-bond donors (Lipinski definition) is 1. The van der Waals surface area contributed by atoms with Gasteiger partial charge in [0.25, 0.3) is 0 Å². The number of alkyl halides is 3. The van der Waals surface area contributed by atoms with Crippen LogP contribution in [0.2, 0.25) is 0 Å². The van der Waals surface area contributed by atoms with Crippen molar-refractivity contribution >= 4 is 50.3 Å². The summed E-state index contributed by atoms with van der Waals surface area (Å²) in [6.45, 7) is 11.5. The molecule has 2 amide bonds. The average molecular weight is 711 g/mol. The maximum absolute atomic E-state index is 13.4. The minimum absolute atomic E-state index is 0.0335. The Hall–Kier alpha value is -4.42. The fourth-order valence-corrected chi connectivity index (χ4v) is 7.66. The molecule has 2 fully saturated rings. The van der Waals surface area contributed by atoms with Crippen molar-refractivity contribution in [3.05, 3.63) is 52.3 Å². The van der Waals surface area contributed by atoms with E-state index in [2.05, 4.69) is 32.3 Å². The highest BCUT2D eigenvalue weighted by molar-refractivity contribution is 7.18. The molecule has 2 aliphatic heterocycles. The molecule has 266 valence electrons. The average Bonchev–Trinajstić information content (AvgIpc) is 3.63. The number of halogens is 3. The molecule has 1 aromatic carbocycles. The van der Waals surface area contributed by atoms with E-state index in [4.69, 9.17) is 4.74 Å². The van der Waals surface area contributed by atoms with Crippen molar-refractivity contribution in [3.63, 3.8) is 0 Å². The first-order chi connectivity index (χ1) is 23.7. The van der Waals surface area contributed by atoms with E-state index in [1.807, 2.05) is 39.8 Å². The van der Waals surface area contributed by atoms with Crippen LogP contribution in [0.3, 0.4) is 0 Å². The second-order valence-corrected chi connectivity index (χ2v) is 15.1. The van der Waals surface area contributed by atoms with Crippen molar-refractivity contribution in [1.29, 1.82) is 5.26 Å². The van der Waals surface area contributed by atoms with Gasteiger partial charge in [-0.25, -0.2) is 14.8 Å². The number of nitrogens with zero attached hydrogens (tertiary/aromatic N) is 7. The number of aromatic nitrogens is 3. The van der Waals surface area contributed by atoms with Crippen LogP contribution in [0.1, 0.15) is 55.3 Å². The lowest BCUT2D eigenvalue weighted by molar-refractivity contribution is -0.133. The van der Waals surface area contributed by atoms with Crippen LogP contribution in [0.4, 0.5) is 23.8 Å². The lowest BCUT2D eigenvalue weighted by Gasteiger charge is -2.35. The number of rotatable bonds is 7. The molecule has 0 saturated carbocycles. The Morgan fingerprint density at radius 2 is 1.72 bits per heavy atom. The molecule has 15 heteroatoms. The standard InChI is InChI=1S/C35H41F3N8O3S/c1-22-23(19-43-9-7-24(8-10-43)42-31-28-16-26(17-35(36,37)38)50-32(28)41-21-40-31)5-6-29-27(22)15-25(18-39)46(29)20-30(47)44-11-13-45(14-12-44)33(48)49-34(2,3)4/h5-6,15-16,21,24H,7-14,17,19-20H2,1-4H3,(H,40,41,42). The second kappa shape index (κ2) is 14.1. The summed E-state index contributed by atoms with van der Waals surface area (Å²) in [6.07, 6.45) is -2.56. The van der Waals surface area contributed by atoms with Gasteiger partial charge < -0.3 is 24.4 Å². The van der Waals surface area contributed by atoms with Crippen LogP contribution in [0.15, 0.2) is 30.6 Å². The zero-order valence-corrected chi connectivity index (χ0v) is 29.5. The first kappa shape index (κ1) is 35.4. The third-order valence-electron chi connectivity index (χ3n) is 9.24. The first-order valence-electron chi connectivity index (χ1n) is 16.7. The fourth-order valence-electron chi connectivity index (χ4n) is 6.63. The number of benzene rings is 1. The molecule has 0 aliphatic carbocycles. The molecular weight excluding hydrogens is 669 g/mol. The number of nitrogens with one attached hydrogen (secondary N) is 1. The number of piperidine rings is 1. The SMILES string of the molecule is Cc1c(CN2CCC(Nc3ncnc4sc(CC(F)(F)F)cc34)CC2)ccc2c1cc(C#N)n2CC(=O)N1CCN(C(=O)OC(C)(C)C)CC1. The number of fused-ring (bicyclic) bond motifs is 2. The zero-order chi connectivity index (χ0) is 35.8. The predicted molar refractivity (Wildman–Crippen MR) is 185 cm³/mol. The first-order valence-corrected chi connectivity index (χ1v) is 17.6. The van der Waals surface area contributed by atoms with Gasteiger partial charge in [0.15, 0.2) is 0 Å². The maximum Gasteiger partial charge on any atom is 0.410 e. The molecule has 11 nitrogen and oxygen atoms in total. The maximum atomic E-state index is 13.4. The van der Waals surface area contributed by atoms with Crippen LogP contribution in [-0.2, 0) is 29.0 Å². The normalized spacial score (nSPS) is 16.6. The summed E-state index contributed by atoms with van der Waals surface area (Å²) >= 11 is 1.05. The molecule has 0 spiro atoms. The lowest BCUT2D eigenvalue weighted by atomic mass is 10.0. The van der Waals surface area contributed by atoms with Crippen LogP contribution < -0.4 is 5.32 Å². The van der Waals surface area contributed by atoms with E-state index < -0.39 is 18.2 Å². The summed E-state index contributed by atoms with van der Waals surface area (Å²) in [5, 5.41) is 15.0. The Morgan fingerprint density at radius 1 is 1.02 bits per heavy atom. The summed E-state index contributed by atoms with van der Waals surface area (Å²) in [5.41, 5.74) is 2.86. The number of hydrogen-bond acceptors (Lipinski definition) is 9. The van der Waals surface area contributed by atoms with Crippen LogP contribution in [0.25, 0.3) is 21.1 Å². The Kier molecular flexibility index (Phi) is 9.96. The molecule has 3 aromatic heterocycles. The number of aryl methyl sites for hydroxylation is 1. The third-order valence-corrected chi connectivity index (χ3v) is 10.3. The lowest BCUT2D eigenvalue weighted by Crippen LogP contribution is -2.52. The van der Waals surface area contributed by atoms with Gasteiger partial charge in [-0.3, -0.25) is 9.69 Å². The number of ether oxygens (including phenoxy) is 1. The van der Waals surface area contributed by atoms with Crippen LogP contribution in [0.5, 0.6) is 0 Å². The van der Waals surface area contributed by atoms with Crippen molar-refractivity contribution in [1.82, 2.24) is 29.2 Å². The molecule has 5 heterocycles. The Balaban J connectivity index is 1.06. The summed E-state index contributed by atoms with van der Waals surface area (Å²) in [4.78, 5) is 40.8. The highest BCUT2D eigenvalue weighted by Crippen LogP contribution is 2.33. The smallest absolute Gasteiger partial charge is 0.410 e. The molecule has 0 atom stereocenters. The summed E-state index contributed by atoms with van der Waals surface area (Å²) < 4.78 is 46.1. The number of likely N-dealkylation sites (tertiary alicyclic amines) is 1. The van der Waals surface area contributed by atoms with Crippen molar-refractivity contribution in [2.45, 2.75) is 77.9 Å². The predicted octanol–water partition coefficient (Wildman–Crippen LogP) is 6.09. The van der Waals surface area contributed by atoms with Gasteiger partial charge in [-0.05, 0) is 69.9 Å². The Bertz CT molecular complexity index is 1930. The molecule has 2 aliphatic rings. The summed E-state index contributed by atoms with van der Waals surface area (Å²) in [7, 11) is 0. The van der Waals surface area contributed by atoms with E-state index in [9.17, 15) is 28.0 Å². The van der Waals surface area contributed by atoms with Crippen LogP contribution in [-0.4, -0.2) is 98.3 Å². The molecule has 0 radical (unpaired) electrons. The minimum Gasteiger partial charge on any atom is -0.444 e. The van der Waals surface area contributed by atoms with Gasteiger partial charge in [0.05, 0.1) is 11.8 Å². The van der Waals surface area contributed by atoms with E-state index in [1.165, 1.54) is 6.33 Å². The number of carbonyl (C=O) groups is 2. The second-order valence-electron chi connectivity index (χ2n) is 14.0. The fraction of sp³-hybridized carbons (Fsp3) is 0.514. The van der Waals surface area contributed by atoms with Gasteiger partial charge >= 0.3 is 12.3 Å². The molecule has 6 rings (SSSR count). The van der Waals surface area contributed by atoms with Gasteiger partial charge in [-0.1, -0.05) is 6.07 Å². The molecule has 2 saturated heterocycles. The number of piperazine rings is 1. The van der Waals surface area contributed by atoms with Crippen LogP contribution >= 0.6 is 11.3 Å². The van der Waals surface area contributed by atoms with E-state index in [0.29, 0.717) is 47.9 Å². The van der Waals surface area contributed by atoms with Gasteiger partial charge in [-0.15, -0.1) is 11.3 Å². The highest BCUT2D eigenvalue weighted by Gasteiger charge is 2.30. The topological polar surface area (TPSA) is 120 Å². The van der Waals surface area contributed by atoms with Gasteiger partial charge in [0, 0.05) is 67.6 Å². The number of carbonyl (C=O) groups excluding carboxylic acids is 2. The van der Waals surface area contributed by atoms with Gasteiger partial charge in [0.1, 0.15) is 40.9 Å². The van der Waals surface area contributed by atoms with Crippen molar-refractivity contribution in [2.75, 3.05) is 44.6 Å². The van der Waals surface area contributed by atoms with Gasteiger partial charge in [0.2, 0.25) is 5.91 Å². The summed E-state index contributed by atoms with van der Waals surface area (Å²) in [6, 6.07) is 9.83. The van der Waals surface area contributed by atoms with Crippen molar-refractivity contribution in [3.8, 4) is 6.07 Å². The summed E-state index contributed by atoms with van der Waals surface area (Å²) in [5.74, 6) is 0.461. The highest BCUT2D eigenvalue weighted by atomic mass is 32.1. The quantitative estimate of drug-likeness (QED) is 0.245. The monoisotopic (exact) mass is 710 g/mol. The van der Waals surface area contributed by atoms with Crippen molar-refractivity contribution in [2.24, 2.45) is 0 Å².